The van der Waals surface area contributed by atoms with E-state index in [1.807, 2.05) is 59.2 Å². The van der Waals surface area contributed by atoms with Gasteiger partial charge in [0.15, 0.2) is 16.3 Å². The number of aromatic nitrogens is 4. The molecule has 0 saturated heterocycles. The summed E-state index contributed by atoms with van der Waals surface area (Å²) in [6, 6.07) is 17.7. The van der Waals surface area contributed by atoms with Gasteiger partial charge in [-0.3, -0.25) is 9.36 Å². The van der Waals surface area contributed by atoms with E-state index >= 15 is 0 Å². The number of nitrogens with one attached hydrogen (secondary N) is 1. The fourth-order valence-corrected chi connectivity index (χ4v) is 3.65. The Kier molecular flexibility index (Phi) is 4.45. The molecule has 6 nitrogen and oxygen atoms in total. The molecule has 26 heavy (non-hydrogen) atoms. The smallest absolute Gasteiger partial charge is 0.278 e. The molecule has 0 aliphatic heterocycles. The van der Waals surface area contributed by atoms with Gasteiger partial charge >= 0.3 is 0 Å². The van der Waals surface area contributed by atoms with Crippen LogP contribution in [0, 0.1) is 0 Å². The predicted octanol–water partition coefficient (Wildman–Crippen LogP) is 3.41. The molecule has 0 unspecified atom stereocenters. The van der Waals surface area contributed by atoms with E-state index in [1.165, 1.54) is 6.33 Å². The van der Waals surface area contributed by atoms with Crippen molar-refractivity contribution in [1.82, 2.24) is 19.5 Å². The molecule has 2 aromatic heterocycles. The molecular formula is C19H16N4O2S. The van der Waals surface area contributed by atoms with Crippen molar-refractivity contribution in [1.29, 1.82) is 0 Å². The SMILES string of the molecule is COc1cccc(CSc2nc3c(=O)[nH]cnc3n2-c2ccccc2)c1. The molecule has 1 N–H and O–H groups in total. The van der Waals surface area contributed by atoms with Crippen LogP contribution in [0.2, 0.25) is 0 Å². The van der Waals surface area contributed by atoms with Gasteiger partial charge in [-0.05, 0) is 29.8 Å². The maximum absolute atomic E-state index is 12.1. The van der Waals surface area contributed by atoms with Crippen LogP contribution in [0.25, 0.3) is 16.9 Å². The highest BCUT2D eigenvalue weighted by Crippen LogP contribution is 2.28. The van der Waals surface area contributed by atoms with Crippen molar-refractivity contribution in [3.8, 4) is 11.4 Å². The Labute approximate surface area is 153 Å². The number of hydrogen-bond donors (Lipinski definition) is 1. The van der Waals surface area contributed by atoms with Crippen LogP contribution in [0.4, 0.5) is 0 Å². The number of rotatable bonds is 5. The average Bonchev–Trinajstić information content (AvgIpc) is 3.07. The van der Waals surface area contributed by atoms with Gasteiger partial charge in [-0.15, -0.1) is 0 Å². The summed E-state index contributed by atoms with van der Waals surface area (Å²) >= 11 is 1.55. The summed E-state index contributed by atoms with van der Waals surface area (Å²) in [7, 11) is 1.65. The number of para-hydroxylation sites is 1. The van der Waals surface area contributed by atoms with Gasteiger partial charge in [0.2, 0.25) is 0 Å². The number of benzene rings is 2. The van der Waals surface area contributed by atoms with Gasteiger partial charge in [0.05, 0.1) is 13.4 Å². The third-order valence-corrected chi connectivity index (χ3v) is 4.95. The summed E-state index contributed by atoms with van der Waals surface area (Å²) in [6.45, 7) is 0. The number of aromatic amines is 1. The molecule has 0 aliphatic carbocycles. The van der Waals surface area contributed by atoms with Gasteiger partial charge in [-0.2, -0.15) is 0 Å². The van der Waals surface area contributed by atoms with Crippen molar-refractivity contribution >= 4 is 22.9 Å². The van der Waals surface area contributed by atoms with Crippen LogP contribution in [-0.4, -0.2) is 26.6 Å². The number of H-pyrrole nitrogens is 1. The van der Waals surface area contributed by atoms with E-state index < -0.39 is 0 Å². The van der Waals surface area contributed by atoms with Crippen molar-refractivity contribution in [3.63, 3.8) is 0 Å². The Balaban J connectivity index is 1.76. The standard InChI is InChI=1S/C19H16N4O2S/c1-25-15-9-5-6-13(10-15)11-26-19-22-16-17(20-12-21-18(16)24)23(19)14-7-3-2-4-8-14/h2-10,12H,11H2,1H3,(H,20,21,24). The third kappa shape index (κ3) is 3.09. The molecule has 0 bridgehead atoms. The Morgan fingerprint density at radius 1 is 1.15 bits per heavy atom. The van der Waals surface area contributed by atoms with E-state index in [0.717, 1.165) is 22.2 Å². The highest BCUT2D eigenvalue weighted by Gasteiger charge is 2.16. The molecule has 2 heterocycles. The monoisotopic (exact) mass is 364 g/mol. The molecule has 0 saturated carbocycles. The van der Waals surface area contributed by atoms with Crippen LogP contribution in [-0.2, 0) is 5.75 Å². The second-order valence-corrected chi connectivity index (χ2v) is 6.55. The van der Waals surface area contributed by atoms with Gasteiger partial charge in [0.25, 0.3) is 5.56 Å². The number of imidazole rings is 1. The van der Waals surface area contributed by atoms with Crippen molar-refractivity contribution in [2.45, 2.75) is 10.9 Å². The molecule has 0 spiro atoms. The molecule has 130 valence electrons. The van der Waals surface area contributed by atoms with Crippen LogP contribution in [0.3, 0.4) is 0 Å². The number of nitrogens with zero attached hydrogens (tertiary/aromatic N) is 3. The fourth-order valence-electron chi connectivity index (χ4n) is 2.70. The molecule has 7 heteroatoms. The highest BCUT2D eigenvalue weighted by atomic mass is 32.2. The molecule has 4 rings (SSSR count). The minimum Gasteiger partial charge on any atom is -0.497 e. The molecular weight excluding hydrogens is 348 g/mol. The van der Waals surface area contributed by atoms with Crippen LogP contribution in [0.5, 0.6) is 5.75 Å². The van der Waals surface area contributed by atoms with Crippen LogP contribution in [0.1, 0.15) is 5.56 Å². The van der Waals surface area contributed by atoms with E-state index in [9.17, 15) is 4.79 Å². The van der Waals surface area contributed by atoms with Crippen molar-refractivity contribution in [2.75, 3.05) is 7.11 Å². The first-order valence-electron chi connectivity index (χ1n) is 8.03. The minimum absolute atomic E-state index is 0.243. The lowest BCUT2D eigenvalue weighted by molar-refractivity contribution is 0.414. The highest BCUT2D eigenvalue weighted by molar-refractivity contribution is 7.98. The van der Waals surface area contributed by atoms with Crippen molar-refractivity contribution < 1.29 is 4.74 Å². The molecule has 0 radical (unpaired) electrons. The van der Waals surface area contributed by atoms with E-state index in [-0.39, 0.29) is 5.56 Å². The zero-order valence-corrected chi connectivity index (χ0v) is 14.9. The maximum Gasteiger partial charge on any atom is 0.278 e. The normalized spacial score (nSPS) is 11.0. The predicted molar refractivity (Wildman–Crippen MR) is 102 cm³/mol. The van der Waals surface area contributed by atoms with E-state index in [0.29, 0.717) is 16.9 Å². The van der Waals surface area contributed by atoms with E-state index in [4.69, 9.17) is 4.74 Å². The van der Waals surface area contributed by atoms with Crippen molar-refractivity contribution in [2.24, 2.45) is 0 Å². The number of ether oxygens (including phenoxy) is 1. The molecule has 0 aliphatic rings. The molecule has 0 fully saturated rings. The zero-order chi connectivity index (χ0) is 17.9. The molecule has 0 amide bonds. The minimum atomic E-state index is -0.243. The van der Waals surface area contributed by atoms with Crippen LogP contribution in [0.15, 0.2) is 70.9 Å². The molecule has 4 aromatic rings. The number of fused-ring (bicyclic) bond motifs is 1. The van der Waals surface area contributed by atoms with Crippen LogP contribution < -0.4 is 10.3 Å². The summed E-state index contributed by atoms with van der Waals surface area (Å²) in [5.74, 6) is 1.52. The first kappa shape index (κ1) is 16.4. The third-order valence-electron chi connectivity index (χ3n) is 3.94. The number of hydrogen-bond acceptors (Lipinski definition) is 5. The summed E-state index contributed by atoms with van der Waals surface area (Å²) in [4.78, 5) is 23.6. The topological polar surface area (TPSA) is 72.8 Å². The fraction of sp³-hybridized carbons (Fsp3) is 0.105. The zero-order valence-electron chi connectivity index (χ0n) is 14.0. The van der Waals surface area contributed by atoms with Crippen LogP contribution >= 0.6 is 11.8 Å². The molecule has 0 atom stereocenters. The first-order valence-corrected chi connectivity index (χ1v) is 9.02. The number of methoxy groups -OCH3 is 1. The first-order chi connectivity index (χ1) is 12.8. The lowest BCUT2D eigenvalue weighted by atomic mass is 10.2. The Morgan fingerprint density at radius 3 is 2.81 bits per heavy atom. The maximum atomic E-state index is 12.1. The Hall–Kier alpha value is -3.06. The van der Waals surface area contributed by atoms with E-state index in [1.54, 1.807) is 18.9 Å². The lowest BCUT2D eigenvalue weighted by Gasteiger charge is -2.08. The van der Waals surface area contributed by atoms with Gasteiger partial charge in [-0.25, -0.2) is 9.97 Å². The Morgan fingerprint density at radius 2 is 2.00 bits per heavy atom. The molecule has 2 aromatic carbocycles. The Bertz CT molecular complexity index is 1110. The lowest BCUT2D eigenvalue weighted by Crippen LogP contribution is -2.07. The number of thioether (sulfide) groups is 1. The second kappa shape index (κ2) is 7.05. The van der Waals surface area contributed by atoms with Gasteiger partial charge in [-0.1, -0.05) is 42.1 Å². The summed E-state index contributed by atoms with van der Waals surface area (Å²) < 4.78 is 7.19. The van der Waals surface area contributed by atoms with E-state index in [2.05, 4.69) is 15.0 Å². The van der Waals surface area contributed by atoms with Gasteiger partial charge < -0.3 is 9.72 Å². The largest absolute Gasteiger partial charge is 0.497 e. The average molecular weight is 364 g/mol. The van der Waals surface area contributed by atoms with Gasteiger partial charge in [0.1, 0.15) is 5.75 Å². The summed E-state index contributed by atoms with van der Waals surface area (Å²) in [5, 5.41) is 0.721. The van der Waals surface area contributed by atoms with Gasteiger partial charge in [0, 0.05) is 11.4 Å². The second-order valence-electron chi connectivity index (χ2n) is 5.61. The summed E-state index contributed by atoms with van der Waals surface area (Å²) in [5.41, 5.74) is 2.68. The summed E-state index contributed by atoms with van der Waals surface area (Å²) in [6.07, 6.45) is 1.41. The van der Waals surface area contributed by atoms with Crippen molar-refractivity contribution in [3.05, 3.63) is 76.8 Å². The quantitative estimate of drug-likeness (QED) is 0.550.